The third-order valence-electron chi connectivity index (χ3n) is 2.66. The van der Waals surface area contributed by atoms with E-state index in [9.17, 15) is 8.42 Å². The number of sulfonamides is 1. The number of rotatable bonds is 5. The first-order valence-electron chi connectivity index (χ1n) is 6.07. The highest BCUT2D eigenvalue weighted by Gasteiger charge is 2.20. The number of nitrogens with one attached hydrogen (secondary N) is 1. The summed E-state index contributed by atoms with van der Waals surface area (Å²) in [5.41, 5.74) is 0.427. The Bertz CT molecular complexity index is 593. The van der Waals surface area contributed by atoms with E-state index in [0.717, 1.165) is 0 Å². The van der Waals surface area contributed by atoms with Crippen molar-refractivity contribution in [3.05, 3.63) is 16.6 Å². The van der Waals surface area contributed by atoms with Crippen molar-refractivity contribution in [3.63, 3.8) is 0 Å². The van der Waals surface area contributed by atoms with Gasteiger partial charge in [-0.25, -0.2) is 8.42 Å². The highest BCUT2D eigenvalue weighted by Crippen LogP contribution is 2.38. The van der Waals surface area contributed by atoms with Gasteiger partial charge in [-0.1, -0.05) is 6.92 Å². The van der Waals surface area contributed by atoms with Gasteiger partial charge in [-0.15, -0.1) is 11.6 Å². The van der Waals surface area contributed by atoms with E-state index in [1.54, 1.807) is 19.1 Å². The van der Waals surface area contributed by atoms with Crippen molar-refractivity contribution >= 4 is 43.2 Å². The molecule has 1 aromatic carbocycles. The molecule has 5 nitrogen and oxygen atoms in total. The molecule has 0 aliphatic carbocycles. The molecule has 0 radical (unpaired) electrons. The lowest BCUT2D eigenvalue weighted by Gasteiger charge is -2.20. The summed E-state index contributed by atoms with van der Waals surface area (Å²) >= 11 is 8.97. The Morgan fingerprint density at radius 2 is 1.95 bits per heavy atom. The van der Waals surface area contributed by atoms with E-state index in [4.69, 9.17) is 21.1 Å². The van der Waals surface area contributed by atoms with Gasteiger partial charge in [0.15, 0.2) is 11.5 Å². The predicted octanol–water partition coefficient (Wildman–Crippen LogP) is 2.84. The second-order valence-corrected chi connectivity index (χ2v) is 7.55. The number of ether oxygens (including phenoxy) is 2. The molecule has 1 aliphatic rings. The van der Waals surface area contributed by atoms with Crippen molar-refractivity contribution < 1.29 is 17.9 Å². The molecule has 0 amide bonds. The summed E-state index contributed by atoms with van der Waals surface area (Å²) in [5.74, 6) is 1.27. The Labute approximate surface area is 131 Å². The Kier molecular flexibility index (Phi) is 5.04. The van der Waals surface area contributed by atoms with Crippen molar-refractivity contribution in [1.82, 2.24) is 0 Å². The molecular weight excluding hydrogens is 370 g/mol. The molecule has 8 heteroatoms. The van der Waals surface area contributed by atoms with Crippen molar-refractivity contribution in [2.75, 3.05) is 29.6 Å². The average Bonchev–Trinajstić information content (AvgIpc) is 2.38. The van der Waals surface area contributed by atoms with E-state index >= 15 is 0 Å². The van der Waals surface area contributed by atoms with E-state index in [2.05, 4.69) is 20.7 Å². The Morgan fingerprint density at radius 1 is 1.35 bits per heavy atom. The van der Waals surface area contributed by atoms with E-state index < -0.39 is 10.0 Å². The standard InChI is InChI=1S/C12H15BrClNO4S/c1-8(6-14)7-20(16,17)15-10-5-12-11(4-9(10)13)18-2-3-19-12/h4-5,8,15H,2-3,6-7H2,1H3. The summed E-state index contributed by atoms with van der Waals surface area (Å²) in [4.78, 5) is 0. The zero-order valence-corrected chi connectivity index (χ0v) is 14.0. The van der Waals surface area contributed by atoms with Crippen LogP contribution in [0.1, 0.15) is 6.92 Å². The maximum Gasteiger partial charge on any atom is 0.233 e. The minimum absolute atomic E-state index is 0.0304. The summed E-state index contributed by atoms with van der Waals surface area (Å²) in [6.45, 7) is 2.72. The number of halogens is 2. The first kappa shape index (κ1) is 15.7. The fraction of sp³-hybridized carbons (Fsp3) is 0.500. The lowest BCUT2D eigenvalue weighted by molar-refractivity contribution is 0.171. The van der Waals surface area contributed by atoms with Gasteiger partial charge >= 0.3 is 0 Å². The smallest absolute Gasteiger partial charge is 0.233 e. The second-order valence-electron chi connectivity index (χ2n) is 4.62. The van der Waals surface area contributed by atoms with Crippen molar-refractivity contribution in [2.24, 2.45) is 5.92 Å². The van der Waals surface area contributed by atoms with Gasteiger partial charge in [0, 0.05) is 22.5 Å². The van der Waals surface area contributed by atoms with Crippen LogP contribution in [0.15, 0.2) is 16.6 Å². The van der Waals surface area contributed by atoms with Gasteiger partial charge in [-0.05, 0) is 21.8 Å². The van der Waals surface area contributed by atoms with Gasteiger partial charge in [0.1, 0.15) is 13.2 Å². The topological polar surface area (TPSA) is 64.6 Å². The van der Waals surface area contributed by atoms with Gasteiger partial charge in [0.25, 0.3) is 0 Å². The molecule has 1 N–H and O–H groups in total. The van der Waals surface area contributed by atoms with Crippen LogP contribution in [-0.4, -0.2) is 33.3 Å². The lowest BCUT2D eigenvalue weighted by Crippen LogP contribution is -2.22. The number of alkyl halides is 1. The highest BCUT2D eigenvalue weighted by atomic mass is 79.9. The first-order valence-corrected chi connectivity index (χ1v) is 9.05. The van der Waals surface area contributed by atoms with E-state index in [1.165, 1.54) is 0 Å². The van der Waals surface area contributed by atoms with Crippen LogP contribution in [0.2, 0.25) is 0 Å². The van der Waals surface area contributed by atoms with Crippen LogP contribution in [0.4, 0.5) is 5.69 Å². The van der Waals surface area contributed by atoms with Crippen molar-refractivity contribution in [1.29, 1.82) is 0 Å². The average molecular weight is 385 g/mol. The Hall–Kier alpha value is -0.660. The van der Waals surface area contributed by atoms with Crippen LogP contribution in [0.3, 0.4) is 0 Å². The molecule has 2 rings (SSSR count). The van der Waals surface area contributed by atoms with Crippen LogP contribution in [-0.2, 0) is 10.0 Å². The predicted molar refractivity (Wildman–Crippen MR) is 82.4 cm³/mol. The maximum absolute atomic E-state index is 12.0. The minimum atomic E-state index is -3.46. The van der Waals surface area contributed by atoms with Crippen molar-refractivity contribution in [2.45, 2.75) is 6.92 Å². The van der Waals surface area contributed by atoms with E-state index in [0.29, 0.717) is 40.8 Å². The highest BCUT2D eigenvalue weighted by molar-refractivity contribution is 9.10. The fourth-order valence-corrected chi connectivity index (χ4v) is 4.02. The lowest BCUT2D eigenvalue weighted by atomic mass is 10.2. The third-order valence-corrected chi connectivity index (χ3v) is 5.39. The van der Waals surface area contributed by atoms with Crippen LogP contribution < -0.4 is 14.2 Å². The van der Waals surface area contributed by atoms with Gasteiger partial charge < -0.3 is 9.47 Å². The maximum atomic E-state index is 12.0. The Morgan fingerprint density at radius 3 is 2.55 bits per heavy atom. The monoisotopic (exact) mass is 383 g/mol. The molecule has 1 aliphatic heterocycles. The summed E-state index contributed by atoms with van der Waals surface area (Å²) in [6, 6.07) is 3.30. The van der Waals surface area contributed by atoms with Gasteiger partial charge in [0.05, 0.1) is 11.4 Å². The molecule has 0 saturated heterocycles. The van der Waals surface area contributed by atoms with Crippen LogP contribution >= 0.6 is 27.5 Å². The first-order chi connectivity index (χ1) is 9.41. The van der Waals surface area contributed by atoms with Gasteiger partial charge in [-0.3, -0.25) is 4.72 Å². The molecule has 0 fully saturated rings. The molecule has 1 unspecified atom stereocenters. The molecule has 1 heterocycles. The molecule has 0 saturated carbocycles. The summed E-state index contributed by atoms with van der Waals surface area (Å²) in [6.07, 6.45) is 0. The number of anilines is 1. The van der Waals surface area contributed by atoms with Crippen molar-refractivity contribution in [3.8, 4) is 11.5 Å². The number of hydrogen-bond acceptors (Lipinski definition) is 4. The fourth-order valence-electron chi connectivity index (χ4n) is 1.77. The van der Waals surface area contributed by atoms with Gasteiger partial charge in [0.2, 0.25) is 10.0 Å². The zero-order chi connectivity index (χ0) is 14.8. The molecular formula is C12H15BrClNO4S. The molecule has 0 bridgehead atoms. The molecule has 112 valence electrons. The molecule has 0 spiro atoms. The quantitative estimate of drug-likeness (QED) is 0.793. The second kappa shape index (κ2) is 6.41. The van der Waals surface area contributed by atoms with Crippen LogP contribution in [0.5, 0.6) is 11.5 Å². The number of benzene rings is 1. The molecule has 1 atom stereocenters. The number of fused-ring (bicyclic) bond motifs is 1. The van der Waals surface area contributed by atoms with Crippen LogP contribution in [0.25, 0.3) is 0 Å². The summed E-state index contributed by atoms with van der Waals surface area (Å²) in [5, 5.41) is 0. The third kappa shape index (κ3) is 3.93. The molecule has 20 heavy (non-hydrogen) atoms. The molecule has 0 aromatic heterocycles. The molecule has 1 aromatic rings. The summed E-state index contributed by atoms with van der Waals surface area (Å²) < 4.78 is 38.0. The largest absolute Gasteiger partial charge is 0.486 e. The zero-order valence-electron chi connectivity index (χ0n) is 10.9. The van der Waals surface area contributed by atoms with Gasteiger partial charge in [-0.2, -0.15) is 0 Å². The van der Waals surface area contributed by atoms with E-state index in [-0.39, 0.29) is 11.7 Å². The normalized spacial score (nSPS) is 15.8. The Balaban J connectivity index is 2.21. The van der Waals surface area contributed by atoms with E-state index in [1.807, 2.05) is 0 Å². The minimum Gasteiger partial charge on any atom is -0.486 e. The van der Waals surface area contributed by atoms with Crippen LogP contribution in [0, 0.1) is 5.92 Å². The SMILES string of the molecule is CC(CCl)CS(=O)(=O)Nc1cc2c(cc1Br)OCCO2. The summed E-state index contributed by atoms with van der Waals surface area (Å²) in [7, 11) is -3.46. The number of hydrogen-bond donors (Lipinski definition) is 1.